The lowest BCUT2D eigenvalue weighted by Gasteiger charge is -2.34. The largest absolute Gasteiger partial charge is 0.419 e. The van der Waals surface area contributed by atoms with Gasteiger partial charge in [0.15, 0.2) is 0 Å². The van der Waals surface area contributed by atoms with Crippen molar-refractivity contribution in [3.63, 3.8) is 0 Å². The molecule has 3 aromatic rings. The molecule has 0 saturated carbocycles. The van der Waals surface area contributed by atoms with Gasteiger partial charge in [-0.15, -0.1) is 0 Å². The molecule has 2 atom stereocenters. The normalized spacial score (nSPS) is 20.0. The molecule has 152 valence electrons. The summed E-state index contributed by atoms with van der Waals surface area (Å²) in [6, 6.07) is 15.5. The van der Waals surface area contributed by atoms with Gasteiger partial charge in [0.1, 0.15) is 0 Å². The van der Waals surface area contributed by atoms with Crippen LogP contribution in [0.2, 0.25) is 5.02 Å². The summed E-state index contributed by atoms with van der Waals surface area (Å²) in [5.41, 5.74) is 0.740. The van der Waals surface area contributed by atoms with Gasteiger partial charge in [-0.2, -0.15) is 4.98 Å². The van der Waals surface area contributed by atoms with E-state index in [0.29, 0.717) is 28.6 Å². The summed E-state index contributed by atoms with van der Waals surface area (Å²) >= 11 is 5.94. The number of aromatic nitrogens is 1. The smallest absolute Gasteiger partial charge is 0.236 e. The fourth-order valence-electron chi connectivity index (χ4n) is 3.93. The van der Waals surface area contributed by atoms with E-state index in [-0.39, 0.29) is 9.92 Å². The number of benzene rings is 2. The van der Waals surface area contributed by atoms with Gasteiger partial charge in [0.2, 0.25) is 26.6 Å². The van der Waals surface area contributed by atoms with Crippen molar-refractivity contribution in [1.82, 2.24) is 4.98 Å². The molecule has 7 heteroatoms. The molecule has 0 spiro atoms. The molecule has 2 aromatic carbocycles. The number of rotatable bonds is 4. The first-order valence-electron chi connectivity index (χ1n) is 9.66. The topological polar surface area (TPSA) is 63.4 Å². The molecule has 5 nitrogen and oxygen atoms in total. The van der Waals surface area contributed by atoms with Crippen LogP contribution >= 0.6 is 11.6 Å². The summed E-state index contributed by atoms with van der Waals surface area (Å²) in [7, 11) is -3.86. The van der Waals surface area contributed by atoms with E-state index < -0.39 is 9.84 Å². The van der Waals surface area contributed by atoms with Gasteiger partial charge < -0.3 is 9.32 Å². The molecule has 0 amide bonds. The number of hydrogen-bond donors (Lipinski definition) is 0. The summed E-state index contributed by atoms with van der Waals surface area (Å²) < 4.78 is 32.9. The minimum absolute atomic E-state index is 0.0417. The molecule has 1 fully saturated rings. The second kappa shape index (κ2) is 7.84. The van der Waals surface area contributed by atoms with Crippen molar-refractivity contribution >= 4 is 27.3 Å². The summed E-state index contributed by atoms with van der Waals surface area (Å²) in [5.74, 6) is 1.50. The van der Waals surface area contributed by atoms with Gasteiger partial charge in [0, 0.05) is 23.7 Å². The van der Waals surface area contributed by atoms with E-state index in [2.05, 4.69) is 18.8 Å². The van der Waals surface area contributed by atoms with Crippen molar-refractivity contribution in [2.45, 2.75) is 30.2 Å². The molecule has 0 N–H and O–H groups in total. The van der Waals surface area contributed by atoms with Crippen molar-refractivity contribution in [3.8, 4) is 11.5 Å². The highest BCUT2D eigenvalue weighted by molar-refractivity contribution is 7.91. The fourth-order valence-corrected chi connectivity index (χ4v) is 5.38. The van der Waals surface area contributed by atoms with Crippen LogP contribution in [0, 0.1) is 11.8 Å². The number of sulfone groups is 1. The van der Waals surface area contributed by atoms with Crippen LogP contribution in [-0.4, -0.2) is 26.5 Å². The van der Waals surface area contributed by atoms with Crippen LogP contribution in [0.3, 0.4) is 0 Å². The number of nitrogens with zero attached hydrogens (tertiary/aromatic N) is 2. The molecular weight excluding hydrogens is 408 g/mol. The van der Waals surface area contributed by atoms with E-state index in [1.54, 1.807) is 12.1 Å². The quantitative estimate of drug-likeness (QED) is 0.561. The molecule has 0 radical (unpaired) electrons. The Morgan fingerprint density at radius 3 is 2.24 bits per heavy atom. The number of halogens is 1. The van der Waals surface area contributed by atoms with E-state index >= 15 is 0 Å². The van der Waals surface area contributed by atoms with Gasteiger partial charge >= 0.3 is 0 Å². The predicted octanol–water partition coefficient (Wildman–Crippen LogP) is 5.31. The first-order chi connectivity index (χ1) is 13.8. The zero-order valence-electron chi connectivity index (χ0n) is 16.4. The van der Waals surface area contributed by atoms with Crippen LogP contribution in [0.1, 0.15) is 20.3 Å². The number of anilines is 1. The fraction of sp³-hybridized carbons (Fsp3) is 0.318. The minimum atomic E-state index is -3.86. The summed E-state index contributed by atoms with van der Waals surface area (Å²) in [4.78, 5) is 6.61. The number of piperidine rings is 1. The SMILES string of the molecule is CC1CC(C)CN(c2oc(-c3ccccc3)nc2S(=O)(=O)c2ccc(Cl)cc2)C1. The summed E-state index contributed by atoms with van der Waals surface area (Å²) in [5, 5.41) is 0.438. The molecule has 1 saturated heterocycles. The monoisotopic (exact) mass is 430 g/mol. The Hall–Kier alpha value is -2.31. The Morgan fingerprint density at radius 1 is 1.00 bits per heavy atom. The molecule has 29 heavy (non-hydrogen) atoms. The van der Waals surface area contributed by atoms with Crippen molar-refractivity contribution in [1.29, 1.82) is 0 Å². The Labute approximate surface area is 176 Å². The maximum absolute atomic E-state index is 13.4. The van der Waals surface area contributed by atoms with Gasteiger partial charge in [-0.25, -0.2) is 8.42 Å². The predicted molar refractivity (Wildman–Crippen MR) is 114 cm³/mol. The lowest BCUT2D eigenvalue weighted by atomic mass is 9.92. The minimum Gasteiger partial charge on any atom is -0.419 e. The van der Waals surface area contributed by atoms with E-state index in [0.717, 1.165) is 25.1 Å². The zero-order chi connectivity index (χ0) is 20.6. The zero-order valence-corrected chi connectivity index (χ0v) is 17.9. The van der Waals surface area contributed by atoms with E-state index in [9.17, 15) is 8.42 Å². The van der Waals surface area contributed by atoms with Gasteiger partial charge in [0.25, 0.3) is 0 Å². The highest BCUT2D eigenvalue weighted by Gasteiger charge is 2.34. The van der Waals surface area contributed by atoms with Crippen molar-refractivity contribution in [2.75, 3.05) is 18.0 Å². The third-order valence-corrected chi connectivity index (χ3v) is 7.05. The van der Waals surface area contributed by atoms with E-state index in [1.807, 2.05) is 35.2 Å². The average Bonchev–Trinajstić information content (AvgIpc) is 3.15. The summed E-state index contributed by atoms with van der Waals surface area (Å²) in [6.07, 6.45) is 1.11. The average molecular weight is 431 g/mol. The maximum atomic E-state index is 13.4. The maximum Gasteiger partial charge on any atom is 0.236 e. The molecule has 1 aliphatic rings. The van der Waals surface area contributed by atoms with Crippen molar-refractivity contribution < 1.29 is 12.8 Å². The first-order valence-corrected chi connectivity index (χ1v) is 11.5. The third-order valence-electron chi connectivity index (χ3n) is 5.13. The standard InChI is InChI=1S/C22H23ClN2O3S/c1-15-12-16(2)14-25(13-15)22-21(24-20(28-22)17-6-4-3-5-7-17)29(26,27)19-10-8-18(23)9-11-19/h3-11,15-16H,12-14H2,1-2H3. The second-order valence-corrected chi connectivity index (χ2v) is 10.1. The number of hydrogen-bond acceptors (Lipinski definition) is 5. The molecule has 1 aromatic heterocycles. The van der Waals surface area contributed by atoms with E-state index in [1.165, 1.54) is 12.1 Å². The first kappa shape index (κ1) is 20.0. The van der Waals surface area contributed by atoms with E-state index in [4.69, 9.17) is 16.0 Å². The van der Waals surface area contributed by atoms with Crippen molar-refractivity contribution in [2.24, 2.45) is 11.8 Å². The Kier molecular flexibility index (Phi) is 5.40. The van der Waals surface area contributed by atoms with Crippen molar-refractivity contribution in [3.05, 3.63) is 59.6 Å². The van der Waals surface area contributed by atoms with Crippen LogP contribution in [-0.2, 0) is 9.84 Å². The highest BCUT2D eigenvalue weighted by Crippen LogP contribution is 2.37. The van der Waals surface area contributed by atoms with Crippen LogP contribution in [0.4, 0.5) is 5.88 Å². The molecule has 2 unspecified atom stereocenters. The van der Waals surface area contributed by atoms with Crippen LogP contribution in [0.25, 0.3) is 11.5 Å². The van der Waals surface area contributed by atoms with Gasteiger partial charge in [-0.3, -0.25) is 0 Å². The second-order valence-electron chi connectivity index (χ2n) is 7.80. The number of oxazole rings is 1. The molecule has 1 aliphatic heterocycles. The summed E-state index contributed by atoms with van der Waals surface area (Å²) in [6.45, 7) is 5.81. The van der Waals surface area contributed by atoms with Crippen LogP contribution < -0.4 is 4.90 Å². The molecule has 4 rings (SSSR count). The van der Waals surface area contributed by atoms with Gasteiger partial charge in [0.05, 0.1) is 4.90 Å². The Morgan fingerprint density at radius 2 is 1.62 bits per heavy atom. The molecule has 0 aliphatic carbocycles. The molecular formula is C22H23ClN2O3S. The molecule has 0 bridgehead atoms. The van der Waals surface area contributed by atoms with Crippen LogP contribution in [0.15, 0.2) is 68.9 Å². The third kappa shape index (κ3) is 4.05. The van der Waals surface area contributed by atoms with Gasteiger partial charge in [-0.1, -0.05) is 43.6 Å². The lowest BCUT2D eigenvalue weighted by Crippen LogP contribution is -2.39. The highest BCUT2D eigenvalue weighted by atomic mass is 35.5. The molecule has 2 heterocycles. The van der Waals surface area contributed by atoms with Crippen LogP contribution in [0.5, 0.6) is 0 Å². The Balaban J connectivity index is 1.85. The Bertz CT molecular complexity index is 1080. The lowest BCUT2D eigenvalue weighted by molar-refractivity contribution is 0.342. The van der Waals surface area contributed by atoms with Gasteiger partial charge in [-0.05, 0) is 54.7 Å².